The maximum atomic E-state index is 12.9. The van der Waals surface area contributed by atoms with E-state index in [4.69, 9.17) is 9.72 Å². The Bertz CT molecular complexity index is 733. The zero-order valence-corrected chi connectivity index (χ0v) is 14.5. The average molecular weight is 339 g/mol. The molecule has 0 saturated carbocycles. The summed E-state index contributed by atoms with van der Waals surface area (Å²) in [5.41, 5.74) is 2.80. The highest BCUT2D eigenvalue weighted by atomic mass is 16.5. The number of rotatable bonds is 3. The van der Waals surface area contributed by atoms with Crippen LogP contribution in [0.5, 0.6) is 0 Å². The zero-order chi connectivity index (χ0) is 17.1. The maximum Gasteiger partial charge on any atom is 0.272 e. The molecular formula is C20H25N3O2. The lowest BCUT2D eigenvalue weighted by molar-refractivity contribution is 0.0694. The molecule has 0 aliphatic carbocycles. The molecule has 0 unspecified atom stereocenters. The highest BCUT2D eigenvalue weighted by molar-refractivity contribution is 5.94. The minimum atomic E-state index is -0.0280. The van der Waals surface area contributed by atoms with Gasteiger partial charge in [0.25, 0.3) is 5.91 Å². The summed E-state index contributed by atoms with van der Waals surface area (Å²) in [4.78, 5) is 17.7. The molecule has 1 amide bonds. The third kappa shape index (κ3) is 3.47. The summed E-state index contributed by atoms with van der Waals surface area (Å²) in [6, 6.07) is 10.4. The van der Waals surface area contributed by atoms with Crippen LogP contribution in [0.2, 0.25) is 0 Å². The van der Waals surface area contributed by atoms with Gasteiger partial charge in [0.1, 0.15) is 11.5 Å². The monoisotopic (exact) mass is 339 g/mol. The normalized spacial score (nSPS) is 18.4. The minimum absolute atomic E-state index is 0.0280. The van der Waals surface area contributed by atoms with Crippen molar-refractivity contribution in [3.63, 3.8) is 0 Å². The van der Waals surface area contributed by atoms with E-state index in [0.717, 1.165) is 68.9 Å². The number of hydrogen-bond acceptors (Lipinski definition) is 3. The van der Waals surface area contributed by atoms with E-state index >= 15 is 0 Å². The number of hydrogen-bond donors (Lipinski definition) is 1. The summed E-state index contributed by atoms with van der Waals surface area (Å²) < 4.78 is 7.65. The van der Waals surface area contributed by atoms with E-state index in [0.29, 0.717) is 5.69 Å². The number of nitrogens with one attached hydrogen (secondary N) is 1. The van der Waals surface area contributed by atoms with Crippen molar-refractivity contribution in [2.75, 3.05) is 13.2 Å². The van der Waals surface area contributed by atoms with Crippen molar-refractivity contribution >= 4 is 5.91 Å². The Hall–Kier alpha value is -2.14. The number of carbonyl (C=O) groups excluding carboxylic acids is 1. The van der Waals surface area contributed by atoms with E-state index in [1.54, 1.807) is 0 Å². The van der Waals surface area contributed by atoms with Gasteiger partial charge < -0.3 is 14.6 Å². The number of nitrogens with zero attached hydrogens (tertiary/aromatic N) is 2. The van der Waals surface area contributed by atoms with Crippen LogP contribution in [0, 0.1) is 0 Å². The number of ether oxygens (including phenoxy) is 1. The number of benzene rings is 1. The second kappa shape index (κ2) is 7.40. The van der Waals surface area contributed by atoms with Crippen molar-refractivity contribution in [2.45, 2.75) is 51.1 Å². The average Bonchev–Trinajstić information content (AvgIpc) is 2.85. The molecule has 1 fully saturated rings. The topological polar surface area (TPSA) is 56.1 Å². The molecule has 0 radical (unpaired) electrons. The summed E-state index contributed by atoms with van der Waals surface area (Å²) in [6.07, 6.45) is 6.16. The largest absolute Gasteiger partial charge is 0.381 e. The quantitative estimate of drug-likeness (QED) is 0.934. The van der Waals surface area contributed by atoms with Crippen molar-refractivity contribution in [2.24, 2.45) is 0 Å². The number of aromatic nitrogens is 2. The van der Waals surface area contributed by atoms with Crippen LogP contribution in [-0.2, 0) is 17.7 Å². The summed E-state index contributed by atoms with van der Waals surface area (Å²) in [5.74, 6) is 0.898. The summed E-state index contributed by atoms with van der Waals surface area (Å²) in [7, 11) is 0. The van der Waals surface area contributed by atoms with Gasteiger partial charge in [-0.15, -0.1) is 0 Å². The molecule has 1 aromatic carbocycles. The van der Waals surface area contributed by atoms with Crippen molar-refractivity contribution in [1.82, 2.24) is 14.9 Å². The van der Waals surface area contributed by atoms with Crippen LogP contribution < -0.4 is 5.32 Å². The third-order valence-electron chi connectivity index (χ3n) is 5.17. The van der Waals surface area contributed by atoms with Gasteiger partial charge in [0.15, 0.2) is 0 Å². The lowest BCUT2D eigenvalue weighted by Crippen LogP contribution is -2.39. The van der Waals surface area contributed by atoms with Crippen molar-refractivity contribution in [3.8, 4) is 11.4 Å². The Labute approximate surface area is 148 Å². The van der Waals surface area contributed by atoms with E-state index in [1.807, 2.05) is 18.2 Å². The van der Waals surface area contributed by atoms with Crippen LogP contribution in [0.25, 0.3) is 11.4 Å². The van der Waals surface area contributed by atoms with Crippen LogP contribution in [0.3, 0.4) is 0 Å². The molecule has 1 N–H and O–H groups in total. The molecule has 0 atom stereocenters. The molecular weight excluding hydrogens is 314 g/mol. The minimum Gasteiger partial charge on any atom is -0.381 e. The van der Waals surface area contributed by atoms with Crippen LogP contribution >= 0.6 is 0 Å². The maximum absolute atomic E-state index is 12.9. The predicted octanol–water partition coefficient (Wildman–Crippen LogP) is 3.19. The zero-order valence-electron chi connectivity index (χ0n) is 14.5. The molecule has 132 valence electrons. The van der Waals surface area contributed by atoms with E-state index in [2.05, 4.69) is 22.0 Å². The Morgan fingerprint density at radius 1 is 1.12 bits per heavy atom. The van der Waals surface area contributed by atoms with Gasteiger partial charge in [-0.05, 0) is 32.1 Å². The number of fused-ring (bicyclic) bond motifs is 1. The molecule has 0 bridgehead atoms. The first-order chi connectivity index (χ1) is 12.3. The summed E-state index contributed by atoms with van der Waals surface area (Å²) in [5, 5.41) is 3.18. The molecule has 5 nitrogen and oxygen atoms in total. The lowest BCUT2D eigenvalue weighted by atomic mass is 10.1. The fourth-order valence-corrected chi connectivity index (χ4v) is 3.80. The second-order valence-corrected chi connectivity index (χ2v) is 6.92. The third-order valence-corrected chi connectivity index (χ3v) is 5.17. The number of carbonyl (C=O) groups is 1. The van der Waals surface area contributed by atoms with Crippen molar-refractivity contribution < 1.29 is 9.53 Å². The molecule has 25 heavy (non-hydrogen) atoms. The van der Waals surface area contributed by atoms with E-state index < -0.39 is 0 Å². The highest BCUT2D eigenvalue weighted by Crippen LogP contribution is 2.27. The molecule has 2 aliphatic rings. The molecule has 4 rings (SSSR count). The van der Waals surface area contributed by atoms with Crippen LogP contribution in [-0.4, -0.2) is 34.7 Å². The van der Waals surface area contributed by atoms with Gasteiger partial charge in [-0.1, -0.05) is 36.8 Å². The Balaban J connectivity index is 1.67. The molecule has 3 heterocycles. The molecule has 2 aromatic rings. The van der Waals surface area contributed by atoms with Gasteiger partial charge in [0.05, 0.1) is 5.69 Å². The lowest BCUT2D eigenvalue weighted by Gasteiger charge is -2.22. The molecule has 1 saturated heterocycles. The molecule has 5 heteroatoms. The number of imidazole rings is 1. The van der Waals surface area contributed by atoms with Crippen LogP contribution in [0.15, 0.2) is 30.3 Å². The Morgan fingerprint density at radius 3 is 2.72 bits per heavy atom. The van der Waals surface area contributed by atoms with Crippen molar-refractivity contribution in [3.05, 3.63) is 41.7 Å². The summed E-state index contributed by atoms with van der Waals surface area (Å²) in [6.45, 7) is 2.39. The first kappa shape index (κ1) is 16.3. The molecule has 2 aliphatic heterocycles. The summed E-state index contributed by atoms with van der Waals surface area (Å²) >= 11 is 0. The van der Waals surface area contributed by atoms with Gasteiger partial charge in [0.2, 0.25) is 0 Å². The van der Waals surface area contributed by atoms with Gasteiger partial charge in [-0.25, -0.2) is 4.98 Å². The fraction of sp³-hybridized carbons (Fsp3) is 0.500. The number of amides is 1. The van der Waals surface area contributed by atoms with E-state index in [9.17, 15) is 4.79 Å². The van der Waals surface area contributed by atoms with E-state index in [-0.39, 0.29) is 11.9 Å². The fourth-order valence-electron chi connectivity index (χ4n) is 3.80. The highest BCUT2D eigenvalue weighted by Gasteiger charge is 2.26. The second-order valence-electron chi connectivity index (χ2n) is 6.92. The molecule has 0 spiro atoms. The Kier molecular flexibility index (Phi) is 4.83. The van der Waals surface area contributed by atoms with Crippen LogP contribution in [0.4, 0.5) is 0 Å². The first-order valence-electron chi connectivity index (χ1n) is 9.36. The smallest absolute Gasteiger partial charge is 0.272 e. The Morgan fingerprint density at radius 2 is 1.92 bits per heavy atom. The van der Waals surface area contributed by atoms with Crippen LogP contribution in [0.1, 0.15) is 48.3 Å². The predicted molar refractivity (Wildman–Crippen MR) is 96.5 cm³/mol. The standard InChI is InChI=1S/C20H25N3O2/c24-20(21-16-10-13-25-14-11-16)18-17-9-5-2-6-12-23(17)19(22-18)15-7-3-1-4-8-15/h1,3-4,7-8,16H,2,5-6,9-14H2,(H,21,24). The SMILES string of the molecule is O=C(NC1CCOCC1)c1nc(-c2ccccc2)n2c1CCCCC2. The molecule has 1 aromatic heterocycles. The van der Waals surface area contributed by atoms with Gasteiger partial charge in [-0.3, -0.25) is 4.79 Å². The van der Waals surface area contributed by atoms with Gasteiger partial charge >= 0.3 is 0 Å². The van der Waals surface area contributed by atoms with Gasteiger partial charge in [0, 0.05) is 31.4 Å². The van der Waals surface area contributed by atoms with E-state index in [1.165, 1.54) is 6.42 Å². The van der Waals surface area contributed by atoms with Crippen molar-refractivity contribution in [1.29, 1.82) is 0 Å². The first-order valence-corrected chi connectivity index (χ1v) is 9.36. The van der Waals surface area contributed by atoms with Gasteiger partial charge in [-0.2, -0.15) is 0 Å².